The van der Waals surface area contributed by atoms with E-state index in [4.69, 9.17) is 4.52 Å². The minimum Gasteiger partial charge on any atom is -0.364 e. The molecular weight excluding hydrogens is 364 g/mol. The van der Waals surface area contributed by atoms with Gasteiger partial charge < -0.3 is 9.09 Å². The highest BCUT2D eigenvalue weighted by Crippen LogP contribution is 2.30. The maximum Gasteiger partial charge on any atom is 0.227 e. The zero-order valence-corrected chi connectivity index (χ0v) is 17.3. The highest BCUT2D eigenvalue weighted by atomic mass is 32.2. The molecule has 0 amide bonds. The summed E-state index contributed by atoms with van der Waals surface area (Å²) in [6.07, 6.45) is 8.38. The fraction of sp³-hybridized carbons (Fsp3) is 0.684. The lowest BCUT2D eigenvalue weighted by molar-refractivity contribution is 0.234. The van der Waals surface area contributed by atoms with Crippen molar-refractivity contribution in [2.45, 2.75) is 70.2 Å². The summed E-state index contributed by atoms with van der Waals surface area (Å²) in [5.74, 6) is 0.519. The number of sulfone groups is 1. The van der Waals surface area contributed by atoms with Crippen molar-refractivity contribution in [1.29, 1.82) is 0 Å². The van der Waals surface area contributed by atoms with E-state index in [-0.39, 0.29) is 17.0 Å². The third kappa shape index (κ3) is 4.60. The van der Waals surface area contributed by atoms with Crippen LogP contribution >= 0.6 is 0 Å². The van der Waals surface area contributed by atoms with Gasteiger partial charge in [0.05, 0.1) is 23.7 Å². The molecule has 0 N–H and O–H groups in total. The highest BCUT2D eigenvalue weighted by Gasteiger charge is 2.30. The van der Waals surface area contributed by atoms with E-state index < -0.39 is 9.84 Å². The summed E-state index contributed by atoms with van der Waals surface area (Å²) in [6, 6.07) is 1.91. The maximum absolute atomic E-state index is 12.9. The molecule has 0 saturated heterocycles. The molecule has 1 fully saturated rings. The van der Waals surface area contributed by atoms with E-state index in [1.165, 1.54) is 0 Å². The van der Waals surface area contributed by atoms with Crippen LogP contribution in [0.15, 0.2) is 28.2 Å². The number of rotatable bonds is 10. The van der Waals surface area contributed by atoms with E-state index in [1.807, 2.05) is 17.7 Å². The molecule has 2 aromatic heterocycles. The summed E-state index contributed by atoms with van der Waals surface area (Å²) < 4.78 is 32.7. The smallest absolute Gasteiger partial charge is 0.227 e. The first kappa shape index (κ1) is 20.1. The minimum absolute atomic E-state index is 0.0632. The number of imidazole rings is 1. The van der Waals surface area contributed by atoms with Crippen LogP contribution in [0, 0.1) is 5.92 Å². The second-order valence-electron chi connectivity index (χ2n) is 7.63. The summed E-state index contributed by atoms with van der Waals surface area (Å²) in [4.78, 5) is 6.47. The first-order chi connectivity index (χ1) is 12.9. The van der Waals surface area contributed by atoms with Crippen LogP contribution in [0.1, 0.15) is 63.4 Å². The molecule has 1 aliphatic rings. The fourth-order valence-electron chi connectivity index (χ4n) is 3.42. The second-order valence-corrected chi connectivity index (χ2v) is 9.56. The van der Waals surface area contributed by atoms with Crippen LogP contribution in [0.5, 0.6) is 0 Å². The molecule has 0 unspecified atom stereocenters. The van der Waals surface area contributed by atoms with Crippen LogP contribution < -0.4 is 0 Å². The topological polar surface area (TPSA) is 81.2 Å². The Hall–Kier alpha value is -1.67. The Kier molecular flexibility index (Phi) is 6.37. The molecule has 1 atom stereocenters. The molecule has 0 spiro atoms. The summed E-state index contributed by atoms with van der Waals surface area (Å²) in [6.45, 7) is 5.44. The lowest BCUT2D eigenvalue weighted by Gasteiger charge is -2.25. The molecule has 0 radical (unpaired) electrons. The highest BCUT2D eigenvalue weighted by molar-refractivity contribution is 7.91. The third-order valence-electron chi connectivity index (χ3n) is 5.55. The van der Waals surface area contributed by atoms with Crippen molar-refractivity contribution >= 4 is 9.84 Å². The Balaban J connectivity index is 1.81. The SMILES string of the molecule is CCCCn1c(CN(C)[C@@H](C)c2ccon2)cnc1S(=O)(=O)CC1CCC1. The molecule has 0 aromatic carbocycles. The largest absolute Gasteiger partial charge is 0.364 e. The standard InChI is InChI=1S/C19H30N4O3S/c1-4-5-10-23-17(13-22(3)15(2)18-9-11-26-21-18)12-20-19(23)27(24,25)14-16-7-6-8-16/h9,11-12,15-16H,4-8,10,13-14H2,1-3H3/t15-/m0/s1. The van der Waals surface area contributed by atoms with Gasteiger partial charge in [0.1, 0.15) is 12.0 Å². The van der Waals surface area contributed by atoms with E-state index in [9.17, 15) is 8.42 Å². The summed E-state index contributed by atoms with van der Waals surface area (Å²) >= 11 is 0. The Morgan fingerprint density at radius 3 is 2.78 bits per heavy atom. The van der Waals surface area contributed by atoms with Crippen LogP contribution in [0.2, 0.25) is 0 Å². The quantitative estimate of drug-likeness (QED) is 0.614. The van der Waals surface area contributed by atoms with Crippen LogP contribution in [0.4, 0.5) is 0 Å². The monoisotopic (exact) mass is 394 g/mol. The molecule has 2 heterocycles. The van der Waals surface area contributed by atoms with Crippen molar-refractivity contribution in [3.8, 4) is 0 Å². The summed E-state index contributed by atoms with van der Waals surface area (Å²) in [7, 11) is -1.35. The normalized spacial score (nSPS) is 16.6. The molecule has 0 bridgehead atoms. The average molecular weight is 395 g/mol. The molecule has 27 heavy (non-hydrogen) atoms. The Labute approximate surface area is 161 Å². The van der Waals surface area contributed by atoms with Crippen molar-refractivity contribution < 1.29 is 12.9 Å². The van der Waals surface area contributed by atoms with Crippen molar-refractivity contribution in [2.24, 2.45) is 5.92 Å². The predicted molar refractivity (Wildman–Crippen MR) is 103 cm³/mol. The molecule has 3 rings (SSSR count). The Morgan fingerprint density at radius 1 is 1.41 bits per heavy atom. The fourth-order valence-corrected chi connectivity index (χ4v) is 5.28. The molecular formula is C19H30N4O3S. The minimum atomic E-state index is -3.35. The van der Waals surface area contributed by atoms with E-state index in [0.717, 1.165) is 43.5 Å². The van der Waals surface area contributed by atoms with Crippen molar-refractivity contribution in [2.75, 3.05) is 12.8 Å². The molecule has 8 heteroatoms. The Bertz CT molecular complexity index is 825. The predicted octanol–water partition coefficient (Wildman–Crippen LogP) is 3.44. The second kappa shape index (κ2) is 8.56. The van der Waals surface area contributed by atoms with Crippen molar-refractivity contribution in [1.82, 2.24) is 19.6 Å². The molecule has 2 aromatic rings. The first-order valence-corrected chi connectivity index (χ1v) is 11.4. The first-order valence-electron chi connectivity index (χ1n) is 9.80. The van der Waals surface area contributed by atoms with Crippen molar-refractivity contribution in [3.63, 3.8) is 0 Å². The van der Waals surface area contributed by atoms with Gasteiger partial charge in [-0.05, 0) is 39.2 Å². The van der Waals surface area contributed by atoms with Crippen LogP contribution in [0.25, 0.3) is 0 Å². The Morgan fingerprint density at radius 2 is 2.19 bits per heavy atom. The van der Waals surface area contributed by atoms with Gasteiger partial charge in [-0.2, -0.15) is 0 Å². The van der Waals surface area contributed by atoms with E-state index >= 15 is 0 Å². The van der Waals surface area contributed by atoms with Crippen LogP contribution in [-0.2, 0) is 22.9 Å². The number of unbranched alkanes of at least 4 members (excludes halogenated alkanes) is 1. The molecule has 1 saturated carbocycles. The van der Waals surface area contributed by atoms with Gasteiger partial charge >= 0.3 is 0 Å². The van der Waals surface area contributed by atoms with Gasteiger partial charge in [0.15, 0.2) is 0 Å². The van der Waals surface area contributed by atoms with Gasteiger partial charge in [-0.25, -0.2) is 13.4 Å². The average Bonchev–Trinajstić information content (AvgIpc) is 3.26. The molecule has 1 aliphatic carbocycles. The summed E-state index contributed by atoms with van der Waals surface area (Å²) in [5.41, 5.74) is 1.78. The van der Waals surface area contributed by atoms with Crippen molar-refractivity contribution in [3.05, 3.63) is 29.9 Å². The zero-order chi connectivity index (χ0) is 19.4. The summed E-state index contributed by atoms with van der Waals surface area (Å²) in [5, 5.41) is 4.25. The van der Waals surface area contributed by atoms with Gasteiger partial charge in [0.2, 0.25) is 15.0 Å². The van der Waals surface area contributed by atoms with Gasteiger partial charge in [0.25, 0.3) is 0 Å². The third-order valence-corrected chi connectivity index (χ3v) is 7.35. The maximum atomic E-state index is 12.9. The van der Waals surface area contributed by atoms with E-state index in [2.05, 4.69) is 28.9 Å². The molecule has 0 aliphatic heterocycles. The molecule has 150 valence electrons. The van der Waals surface area contributed by atoms with Gasteiger partial charge in [-0.15, -0.1) is 0 Å². The zero-order valence-electron chi connectivity index (χ0n) is 16.5. The lowest BCUT2D eigenvalue weighted by atomic mass is 9.87. The van der Waals surface area contributed by atoms with E-state index in [0.29, 0.717) is 19.0 Å². The van der Waals surface area contributed by atoms with Gasteiger partial charge in [-0.1, -0.05) is 24.9 Å². The molecule has 7 nitrogen and oxygen atoms in total. The number of aromatic nitrogens is 3. The van der Waals surface area contributed by atoms with Crippen LogP contribution in [0.3, 0.4) is 0 Å². The lowest BCUT2D eigenvalue weighted by Crippen LogP contribution is -2.26. The van der Waals surface area contributed by atoms with E-state index in [1.54, 1.807) is 12.5 Å². The van der Waals surface area contributed by atoms with Gasteiger partial charge in [0, 0.05) is 19.2 Å². The number of hydrogen-bond donors (Lipinski definition) is 0. The van der Waals surface area contributed by atoms with Crippen LogP contribution in [-0.4, -0.2) is 40.8 Å². The number of hydrogen-bond acceptors (Lipinski definition) is 6. The number of nitrogens with zero attached hydrogens (tertiary/aromatic N) is 4. The van der Waals surface area contributed by atoms with Gasteiger partial charge in [-0.3, -0.25) is 4.90 Å².